The number of nitrogens with one attached hydrogen (secondary N) is 2. The Balaban J connectivity index is 1.74. The molecule has 1 amide bonds. The second-order valence-electron chi connectivity index (χ2n) is 7.55. The third-order valence-corrected chi connectivity index (χ3v) is 5.43. The highest BCUT2D eigenvalue weighted by Gasteiger charge is 2.25. The molecule has 1 atom stereocenters. The van der Waals surface area contributed by atoms with Crippen LogP contribution in [0.2, 0.25) is 0 Å². The molecule has 0 radical (unpaired) electrons. The van der Waals surface area contributed by atoms with Crippen molar-refractivity contribution in [1.82, 2.24) is 10.6 Å². The largest absolute Gasteiger partial charge is 0.444 e. The van der Waals surface area contributed by atoms with Gasteiger partial charge in [-0.05, 0) is 77.3 Å². The number of alkyl carbamates (subject to hydrolysis) is 1. The number of thiophene rings is 1. The molecule has 1 aliphatic rings. The lowest BCUT2D eigenvalue weighted by atomic mass is 9.90. The molecule has 130 valence electrons. The molecule has 4 nitrogen and oxygen atoms in total. The highest BCUT2D eigenvalue weighted by Crippen LogP contribution is 2.27. The molecule has 0 spiro atoms. The summed E-state index contributed by atoms with van der Waals surface area (Å²) in [5.41, 5.74) is 0.937. The van der Waals surface area contributed by atoms with Crippen LogP contribution >= 0.6 is 11.3 Å². The minimum atomic E-state index is -0.434. The highest BCUT2D eigenvalue weighted by atomic mass is 32.1. The van der Waals surface area contributed by atoms with E-state index in [4.69, 9.17) is 4.74 Å². The predicted molar refractivity (Wildman–Crippen MR) is 96.0 cm³/mol. The van der Waals surface area contributed by atoms with E-state index < -0.39 is 5.60 Å². The average molecular weight is 339 g/mol. The molecule has 0 saturated heterocycles. The van der Waals surface area contributed by atoms with Crippen LogP contribution in [-0.4, -0.2) is 23.8 Å². The van der Waals surface area contributed by atoms with Gasteiger partial charge in [0, 0.05) is 23.0 Å². The van der Waals surface area contributed by atoms with E-state index in [1.807, 2.05) is 32.1 Å². The molecule has 5 heteroatoms. The van der Waals surface area contributed by atoms with Gasteiger partial charge in [0.15, 0.2) is 0 Å². The van der Waals surface area contributed by atoms with Crippen LogP contribution in [0.5, 0.6) is 0 Å². The van der Waals surface area contributed by atoms with E-state index in [0.717, 1.165) is 25.7 Å². The zero-order valence-corrected chi connectivity index (χ0v) is 15.8. The molecule has 23 heavy (non-hydrogen) atoms. The summed E-state index contributed by atoms with van der Waals surface area (Å²) in [5, 5.41) is 8.90. The van der Waals surface area contributed by atoms with Gasteiger partial charge in [-0.25, -0.2) is 4.79 Å². The first-order valence-electron chi connectivity index (χ1n) is 8.54. The Kier molecular flexibility index (Phi) is 6.09. The van der Waals surface area contributed by atoms with Crippen molar-refractivity contribution in [3.8, 4) is 0 Å². The molecule has 1 aliphatic carbocycles. The van der Waals surface area contributed by atoms with E-state index >= 15 is 0 Å². The lowest BCUT2D eigenvalue weighted by Gasteiger charge is -2.32. The minimum absolute atomic E-state index is 0.238. The maximum atomic E-state index is 11.8. The first-order chi connectivity index (χ1) is 10.7. The summed E-state index contributed by atoms with van der Waals surface area (Å²) in [6.45, 7) is 10.1. The maximum Gasteiger partial charge on any atom is 0.407 e. The second kappa shape index (κ2) is 7.67. The number of hydrogen-bond acceptors (Lipinski definition) is 4. The first kappa shape index (κ1) is 18.3. The van der Waals surface area contributed by atoms with Gasteiger partial charge < -0.3 is 15.4 Å². The topological polar surface area (TPSA) is 50.4 Å². The first-order valence-corrected chi connectivity index (χ1v) is 9.42. The molecule has 1 saturated carbocycles. The molecular formula is C18H30N2O2S. The van der Waals surface area contributed by atoms with Crippen molar-refractivity contribution in [1.29, 1.82) is 0 Å². The predicted octanol–water partition coefficient (Wildman–Crippen LogP) is 4.54. The molecule has 2 N–H and O–H groups in total. The van der Waals surface area contributed by atoms with Crippen LogP contribution in [0.1, 0.15) is 69.9 Å². The summed E-state index contributed by atoms with van der Waals surface area (Å²) in [4.78, 5) is 13.3. The van der Waals surface area contributed by atoms with Crippen molar-refractivity contribution < 1.29 is 9.53 Å². The number of rotatable bonds is 4. The number of aryl methyl sites for hydroxylation is 1. The van der Waals surface area contributed by atoms with Crippen molar-refractivity contribution >= 4 is 17.4 Å². The monoisotopic (exact) mass is 338 g/mol. The summed E-state index contributed by atoms with van der Waals surface area (Å²) < 4.78 is 5.33. The van der Waals surface area contributed by atoms with Gasteiger partial charge in [-0.15, -0.1) is 11.3 Å². The van der Waals surface area contributed by atoms with Gasteiger partial charge in [0.25, 0.3) is 0 Å². The SMILES string of the molecule is Cc1ccsc1C(C)NC1CCC(NC(=O)OC(C)(C)C)CC1. The standard InChI is InChI=1S/C18H30N2O2S/c1-12-10-11-23-16(12)13(2)19-14-6-8-15(9-7-14)20-17(21)22-18(3,4)5/h10-11,13-15,19H,6-9H2,1-5H3,(H,20,21). The van der Waals surface area contributed by atoms with E-state index in [-0.39, 0.29) is 12.1 Å². The molecule has 1 fully saturated rings. The van der Waals surface area contributed by atoms with Crippen LogP contribution in [-0.2, 0) is 4.74 Å². The van der Waals surface area contributed by atoms with Crippen molar-refractivity contribution in [3.05, 3.63) is 21.9 Å². The fourth-order valence-corrected chi connectivity index (χ4v) is 4.08. The highest BCUT2D eigenvalue weighted by molar-refractivity contribution is 7.10. The number of ether oxygens (including phenoxy) is 1. The molecule has 1 aromatic rings. The molecule has 0 bridgehead atoms. The zero-order chi connectivity index (χ0) is 17.0. The Bertz CT molecular complexity index is 513. The van der Waals surface area contributed by atoms with Crippen molar-refractivity contribution in [2.75, 3.05) is 0 Å². The van der Waals surface area contributed by atoms with Crippen LogP contribution < -0.4 is 10.6 Å². The fourth-order valence-electron chi connectivity index (χ4n) is 3.14. The minimum Gasteiger partial charge on any atom is -0.444 e. The molecule has 0 aromatic carbocycles. The molecular weight excluding hydrogens is 308 g/mol. The van der Waals surface area contributed by atoms with Crippen molar-refractivity contribution in [2.24, 2.45) is 0 Å². The van der Waals surface area contributed by atoms with Crippen LogP contribution in [0.3, 0.4) is 0 Å². The second-order valence-corrected chi connectivity index (χ2v) is 8.50. The van der Waals surface area contributed by atoms with Gasteiger partial charge in [-0.2, -0.15) is 0 Å². The summed E-state index contributed by atoms with van der Waals surface area (Å²) >= 11 is 1.82. The number of carbonyl (C=O) groups excluding carboxylic acids is 1. The van der Waals surface area contributed by atoms with Gasteiger partial charge in [0.05, 0.1) is 0 Å². The van der Waals surface area contributed by atoms with E-state index in [1.54, 1.807) is 0 Å². The van der Waals surface area contributed by atoms with E-state index in [2.05, 4.69) is 35.9 Å². The van der Waals surface area contributed by atoms with Crippen LogP contribution in [0, 0.1) is 6.92 Å². The van der Waals surface area contributed by atoms with E-state index in [1.165, 1.54) is 10.4 Å². The number of hydrogen-bond donors (Lipinski definition) is 2. The van der Waals surface area contributed by atoms with Crippen LogP contribution in [0.25, 0.3) is 0 Å². The van der Waals surface area contributed by atoms with Crippen LogP contribution in [0.4, 0.5) is 4.79 Å². The Morgan fingerprint density at radius 1 is 1.26 bits per heavy atom. The van der Waals surface area contributed by atoms with Crippen molar-refractivity contribution in [2.45, 2.75) is 84.0 Å². The normalized spacial score (nSPS) is 23.3. The molecule has 1 heterocycles. The molecule has 1 unspecified atom stereocenters. The van der Waals surface area contributed by atoms with Gasteiger partial charge >= 0.3 is 6.09 Å². The Morgan fingerprint density at radius 2 is 1.87 bits per heavy atom. The number of carbonyl (C=O) groups is 1. The molecule has 0 aliphatic heterocycles. The Hall–Kier alpha value is -1.07. The third kappa shape index (κ3) is 5.81. The molecule has 2 rings (SSSR count). The maximum absolute atomic E-state index is 11.8. The summed E-state index contributed by atoms with van der Waals surface area (Å²) in [5.74, 6) is 0. The zero-order valence-electron chi connectivity index (χ0n) is 14.9. The third-order valence-electron chi connectivity index (χ3n) is 4.23. The van der Waals surface area contributed by atoms with Gasteiger partial charge in [0.1, 0.15) is 5.60 Å². The summed E-state index contributed by atoms with van der Waals surface area (Å²) in [6, 6.07) is 3.35. The van der Waals surface area contributed by atoms with Crippen molar-refractivity contribution in [3.63, 3.8) is 0 Å². The van der Waals surface area contributed by atoms with E-state index in [0.29, 0.717) is 12.1 Å². The number of amides is 1. The Morgan fingerprint density at radius 3 is 2.39 bits per heavy atom. The lowest BCUT2D eigenvalue weighted by Crippen LogP contribution is -2.44. The van der Waals surface area contributed by atoms with Gasteiger partial charge in [0.2, 0.25) is 0 Å². The van der Waals surface area contributed by atoms with Gasteiger partial charge in [-0.3, -0.25) is 0 Å². The lowest BCUT2D eigenvalue weighted by molar-refractivity contribution is 0.0489. The molecule has 1 aromatic heterocycles. The summed E-state index contributed by atoms with van der Waals surface area (Å²) in [6.07, 6.45) is 3.90. The van der Waals surface area contributed by atoms with Gasteiger partial charge in [-0.1, -0.05) is 0 Å². The Labute approximate surface area is 144 Å². The fraction of sp³-hybridized carbons (Fsp3) is 0.722. The smallest absolute Gasteiger partial charge is 0.407 e. The quantitative estimate of drug-likeness (QED) is 0.847. The van der Waals surface area contributed by atoms with E-state index in [9.17, 15) is 4.79 Å². The van der Waals surface area contributed by atoms with Crippen LogP contribution in [0.15, 0.2) is 11.4 Å². The summed E-state index contributed by atoms with van der Waals surface area (Å²) in [7, 11) is 0. The average Bonchev–Trinajstić information content (AvgIpc) is 2.85.